The van der Waals surface area contributed by atoms with Crippen LogP contribution in [0.3, 0.4) is 0 Å². The summed E-state index contributed by atoms with van der Waals surface area (Å²) >= 11 is 1.47. The van der Waals surface area contributed by atoms with Gasteiger partial charge in [0.1, 0.15) is 11.4 Å². The fourth-order valence-electron chi connectivity index (χ4n) is 4.24. The third-order valence-corrected chi connectivity index (χ3v) is 8.79. The molecule has 9 heteroatoms. The van der Waals surface area contributed by atoms with Gasteiger partial charge >= 0.3 is 0 Å². The average Bonchev–Trinajstić information content (AvgIpc) is 3.28. The first-order chi connectivity index (χ1) is 15.2. The average molecular weight is 474 g/mol. The molecule has 1 aromatic carbocycles. The van der Waals surface area contributed by atoms with Crippen LogP contribution in [0.25, 0.3) is 20.7 Å². The van der Waals surface area contributed by atoms with E-state index in [1.807, 2.05) is 51.1 Å². The topological polar surface area (TPSA) is 89.3 Å². The number of carbonyl (C=O) groups is 1. The maximum atomic E-state index is 13.3. The second-order valence-corrected chi connectivity index (χ2v) is 12.0. The van der Waals surface area contributed by atoms with Crippen LogP contribution in [0.4, 0.5) is 0 Å². The van der Waals surface area contributed by atoms with E-state index in [0.29, 0.717) is 23.2 Å². The van der Waals surface area contributed by atoms with Crippen LogP contribution >= 0.6 is 11.3 Å². The van der Waals surface area contributed by atoms with Gasteiger partial charge in [0.15, 0.2) is 9.84 Å². The highest BCUT2D eigenvalue weighted by atomic mass is 32.2. The molecular weight excluding hydrogens is 446 g/mol. The van der Waals surface area contributed by atoms with Crippen molar-refractivity contribution in [3.8, 4) is 10.4 Å². The van der Waals surface area contributed by atoms with Gasteiger partial charge in [-0.15, -0.1) is 11.3 Å². The molecule has 3 heterocycles. The predicted molar refractivity (Wildman–Crippen MR) is 128 cm³/mol. The van der Waals surface area contributed by atoms with Crippen LogP contribution < -0.4 is 5.56 Å². The molecule has 1 saturated heterocycles. The van der Waals surface area contributed by atoms with Gasteiger partial charge in [0.05, 0.1) is 23.2 Å². The van der Waals surface area contributed by atoms with Crippen molar-refractivity contribution in [2.75, 3.05) is 18.1 Å². The number of carbonyl (C=O) groups excluding carboxylic acids is 1. The van der Waals surface area contributed by atoms with Gasteiger partial charge in [-0.3, -0.25) is 14.2 Å². The SMILES string of the molecule is Cc1c(-c2ccccc2)sc2ncn(CC(=O)N(CC(C)C)C3CCS(=O)(=O)C3)c(=O)c12. The highest BCUT2D eigenvalue weighted by Crippen LogP contribution is 2.35. The molecule has 0 bridgehead atoms. The molecule has 4 rings (SSSR count). The number of hydrogen-bond acceptors (Lipinski definition) is 6. The van der Waals surface area contributed by atoms with Gasteiger partial charge in [0.25, 0.3) is 5.56 Å². The third kappa shape index (κ3) is 4.49. The summed E-state index contributed by atoms with van der Waals surface area (Å²) < 4.78 is 25.3. The van der Waals surface area contributed by atoms with Crippen LogP contribution in [0.2, 0.25) is 0 Å². The second kappa shape index (κ2) is 8.78. The number of fused-ring (bicyclic) bond motifs is 1. The van der Waals surface area contributed by atoms with E-state index in [1.54, 1.807) is 4.90 Å². The van der Waals surface area contributed by atoms with E-state index in [1.165, 1.54) is 22.2 Å². The molecule has 0 N–H and O–H groups in total. The Kier molecular flexibility index (Phi) is 6.22. The standard InChI is InChI=1S/C23H27N3O4S2/c1-15(2)11-26(18-9-10-32(29,30)13-18)19(27)12-25-14-24-22-20(23(25)28)16(3)21(31-22)17-7-5-4-6-8-17/h4-8,14-15,18H,9-13H2,1-3H3. The summed E-state index contributed by atoms with van der Waals surface area (Å²) in [7, 11) is -3.12. The molecule has 0 aliphatic carbocycles. The minimum atomic E-state index is -3.12. The minimum absolute atomic E-state index is 0.0122. The fraction of sp³-hybridized carbons (Fsp3) is 0.435. The van der Waals surface area contributed by atoms with Crippen molar-refractivity contribution in [1.29, 1.82) is 0 Å². The van der Waals surface area contributed by atoms with Crippen molar-refractivity contribution in [2.24, 2.45) is 5.92 Å². The zero-order valence-corrected chi connectivity index (χ0v) is 20.1. The van der Waals surface area contributed by atoms with Crippen molar-refractivity contribution >= 4 is 37.3 Å². The van der Waals surface area contributed by atoms with Crippen molar-refractivity contribution in [1.82, 2.24) is 14.5 Å². The lowest BCUT2D eigenvalue weighted by molar-refractivity contribution is -0.134. The van der Waals surface area contributed by atoms with Gasteiger partial charge in [-0.1, -0.05) is 44.2 Å². The Labute approximate surface area is 191 Å². The van der Waals surface area contributed by atoms with Gasteiger partial charge in [-0.2, -0.15) is 0 Å². The van der Waals surface area contributed by atoms with E-state index in [4.69, 9.17) is 0 Å². The van der Waals surface area contributed by atoms with E-state index in [2.05, 4.69) is 4.98 Å². The molecule has 32 heavy (non-hydrogen) atoms. The molecule has 1 fully saturated rings. The van der Waals surface area contributed by atoms with Crippen molar-refractivity contribution in [3.63, 3.8) is 0 Å². The molecule has 0 saturated carbocycles. The zero-order valence-electron chi connectivity index (χ0n) is 18.4. The summed E-state index contributed by atoms with van der Waals surface area (Å²) in [6, 6.07) is 9.52. The van der Waals surface area contributed by atoms with E-state index >= 15 is 0 Å². The molecule has 1 atom stereocenters. The monoisotopic (exact) mass is 473 g/mol. The Morgan fingerprint density at radius 2 is 2.00 bits per heavy atom. The van der Waals surface area contributed by atoms with E-state index < -0.39 is 9.84 Å². The van der Waals surface area contributed by atoms with Crippen LogP contribution in [0.15, 0.2) is 41.5 Å². The maximum Gasteiger partial charge on any atom is 0.262 e. The van der Waals surface area contributed by atoms with Gasteiger partial charge in [-0.25, -0.2) is 13.4 Å². The zero-order chi connectivity index (χ0) is 23.0. The number of rotatable bonds is 6. The van der Waals surface area contributed by atoms with Crippen molar-refractivity contribution in [3.05, 3.63) is 52.6 Å². The summed E-state index contributed by atoms with van der Waals surface area (Å²) in [6.45, 7) is 6.19. The number of hydrogen-bond donors (Lipinski definition) is 0. The first-order valence-electron chi connectivity index (χ1n) is 10.7. The lowest BCUT2D eigenvalue weighted by atomic mass is 10.1. The molecule has 1 aliphatic rings. The number of amides is 1. The number of aryl methyl sites for hydroxylation is 1. The molecule has 0 radical (unpaired) electrons. The molecule has 7 nitrogen and oxygen atoms in total. The summed E-state index contributed by atoms with van der Waals surface area (Å²) in [5, 5.41) is 0.531. The van der Waals surface area contributed by atoms with Crippen LogP contribution in [-0.4, -0.2) is 52.9 Å². The number of sulfone groups is 1. The minimum Gasteiger partial charge on any atom is -0.337 e. The van der Waals surface area contributed by atoms with Gasteiger partial charge in [0.2, 0.25) is 5.91 Å². The van der Waals surface area contributed by atoms with E-state index in [9.17, 15) is 18.0 Å². The summed E-state index contributed by atoms with van der Waals surface area (Å²) in [5.74, 6) is 0.0257. The van der Waals surface area contributed by atoms with Gasteiger partial charge in [-0.05, 0) is 30.4 Å². The number of thiophene rings is 1. The number of aromatic nitrogens is 2. The Bertz CT molecular complexity index is 1310. The Balaban J connectivity index is 1.66. The lowest BCUT2D eigenvalue weighted by Crippen LogP contribution is -2.45. The number of benzene rings is 1. The first-order valence-corrected chi connectivity index (χ1v) is 13.3. The van der Waals surface area contributed by atoms with Crippen LogP contribution in [0, 0.1) is 12.8 Å². The highest BCUT2D eigenvalue weighted by molar-refractivity contribution is 7.91. The predicted octanol–water partition coefficient (Wildman–Crippen LogP) is 3.11. The largest absolute Gasteiger partial charge is 0.337 e. The molecule has 1 unspecified atom stereocenters. The van der Waals surface area contributed by atoms with E-state index in [-0.39, 0.29) is 41.5 Å². The third-order valence-electron chi connectivity index (χ3n) is 5.79. The van der Waals surface area contributed by atoms with Gasteiger partial charge in [0, 0.05) is 17.5 Å². The second-order valence-electron chi connectivity index (χ2n) is 8.78. The highest BCUT2D eigenvalue weighted by Gasteiger charge is 2.35. The fourth-order valence-corrected chi connectivity index (χ4v) is 7.12. The van der Waals surface area contributed by atoms with E-state index in [0.717, 1.165) is 16.0 Å². The van der Waals surface area contributed by atoms with Gasteiger partial charge < -0.3 is 4.90 Å². The summed E-state index contributed by atoms with van der Waals surface area (Å²) in [5.41, 5.74) is 1.64. The number of nitrogens with zero attached hydrogens (tertiary/aromatic N) is 3. The van der Waals surface area contributed by atoms with Crippen LogP contribution in [0.5, 0.6) is 0 Å². The maximum absolute atomic E-state index is 13.3. The molecule has 2 aromatic heterocycles. The molecule has 3 aromatic rings. The molecule has 0 spiro atoms. The van der Waals surface area contributed by atoms with Crippen molar-refractivity contribution in [2.45, 2.75) is 39.8 Å². The molecular formula is C23H27N3O4S2. The Morgan fingerprint density at radius 1 is 1.28 bits per heavy atom. The van der Waals surface area contributed by atoms with Crippen LogP contribution in [0.1, 0.15) is 25.8 Å². The smallest absolute Gasteiger partial charge is 0.262 e. The summed E-state index contributed by atoms with van der Waals surface area (Å²) in [4.78, 5) is 34.2. The Hall–Kier alpha value is -2.52. The molecule has 1 amide bonds. The van der Waals surface area contributed by atoms with Crippen LogP contribution in [-0.2, 0) is 21.2 Å². The molecule has 1 aliphatic heterocycles. The van der Waals surface area contributed by atoms with Crippen molar-refractivity contribution < 1.29 is 13.2 Å². The quantitative estimate of drug-likeness (QED) is 0.549. The normalized spacial score (nSPS) is 17.8. The molecule has 170 valence electrons. The Morgan fingerprint density at radius 3 is 2.62 bits per heavy atom. The first kappa shape index (κ1) is 22.7. The summed E-state index contributed by atoms with van der Waals surface area (Å²) in [6.07, 6.45) is 1.86. The lowest BCUT2D eigenvalue weighted by Gasteiger charge is -2.30.